The van der Waals surface area contributed by atoms with Crippen molar-refractivity contribution in [3.8, 4) is 0 Å². The number of morpholine rings is 1. The summed E-state index contributed by atoms with van der Waals surface area (Å²) in [6.45, 7) is 4.16. The number of nitrogens with one attached hydrogen (secondary N) is 1. The third-order valence-corrected chi connectivity index (χ3v) is 3.51. The molecule has 0 spiro atoms. The van der Waals surface area contributed by atoms with Gasteiger partial charge in [-0.05, 0) is 6.92 Å². The van der Waals surface area contributed by atoms with Crippen molar-refractivity contribution in [3.63, 3.8) is 0 Å². The molecule has 2 rings (SSSR count). The maximum absolute atomic E-state index is 11.9. The molecule has 2 saturated heterocycles. The van der Waals surface area contributed by atoms with E-state index in [1.165, 1.54) is 0 Å². The molecule has 2 atom stereocenters. The second-order valence-electron chi connectivity index (χ2n) is 3.74. The molecule has 0 saturated carbocycles. The van der Waals surface area contributed by atoms with Crippen molar-refractivity contribution in [3.05, 3.63) is 0 Å². The van der Waals surface area contributed by atoms with Crippen LogP contribution in [0.2, 0.25) is 0 Å². The molecular formula is C9H17ClN2O2S. The van der Waals surface area contributed by atoms with Crippen molar-refractivity contribution in [1.82, 2.24) is 10.2 Å². The molecule has 2 unspecified atom stereocenters. The maximum atomic E-state index is 11.9. The summed E-state index contributed by atoms with van der Waals surface area (Å²) in [6.07, 6.45) is 0.182. The average molecular weight is 253 g/mol. The molecule has 0 radical (unpaired) electrons. The summed E-state index contributed by atoms with van der Waals surface area (Å²) in [5, 5.41) is 3.20. The van der Waals surface area contributed by atoms with Gasteiger partial charge in [-0.3, -0.25) is 10.1 Å². The van der Waals surface area contributed by atoms with Crippen LogP contribution in [-0.4, -0.2) is 54.3 Å². The van der Waals surface area contributed by atoms with E-state index in [2.05, 4.69) is 5.32 Å². The minimum atomic E-state index is 0. The lowest BCUT2D eigenvalue weighted by Crippen LogP contribution is -2.51. The lowest BCUT2D eigenvalue weighted by atomic mass is 10.2. The van der Waals surface area contributed by atoms with Crippen LogP contribution in [0.5, 0.6) is 0 Å². The summed E-state index contributed by atoms with van der Waals surface area (Å²) >= 11 is 1.79. The quantitative estimate of drug-likeness (QED) is 0.730. The Labute approximate surface area is 101 Å². The molecular weight excluding hydrogens is 236 g/mol. The van der Waals surface area contributed by atoms with Gasteiger partial charge in [-0.15, -0.1) is 24.2 Å². The number of ether oxygens (including phenoxy) is 1. The van der Waals surface area contributed by atoms with Crippen molar-refractivity contribution in [2.75, 3.05) is 31.3 Å². The zero-order valence-corrected chi connectivity index (χ0v) is 10.4. The van der Waals surface area contributed by atoms with Crippen LogP contribution >= 0.6 is 24.2 Å². The first-order valence-corrected chi connectivity index (χ1v) is 6.14. The van der Waals surface area contributed by atoms with E-state index in [1.54, 1.807) is 11.8 Å². The fourth-order valence-electron chi connectivity index (χ4n) is 1.79. The SMILES string of the molecule is CC1CN(C(=O)C2CSCN2)CCO1.Cl. The van der Waals surface area contributed by atoms with E-state index in [0.717, 1.165) is 24.7 Å². The largest absolute Gasteiger partial charge is 0.375 e. The highest BCUT2D eigenvalue weighted by Crippen LogP contribution is 2.13. The minimum absolute atomic E-state index is 0. The number of hydrogen-bond donors (Lipinski definition) is 1. The van der Waals surface area contributed by atoms with Gasteiger partial charge in [-0.1, -0.05) is 0 Å². The molecule has 2 heterocycles. The number of rotatable bonds is 1. The van der Waals surface area contributed by atoms with Crippen LogP contribution in [0.15, 0.2) is 0 Å². The Balaban J connectivity index is 0.00000112. The Bertz CT molecular complexity index is 224. The van der Waals surface area contributed by atoms with Crippen molar-refractivity contribution in [1.29, 1.82) is 0 Å². The van der Waals surface area contributed by atoms with Crippen LogP contribution in [0.3, 0.4) is 0 Å². The van der Waals surface area contributed by atoms with Crippen molar-refractivity contribution in [2.45, 2.75) is 19.1 Å². The molecule has 0 aromatic carbocycles. The van der Waals surface area contributed by atoms with E-state index >= 15 is 0 Å². The van der Waals surface area contributed by atoms with Gasteiger partial charge in [-0.25, -0.2) is 0 Å². The standard InChI is InChI=1S/C9H16N2O2S.ClH/c1-7-4-11(2-3-13-7)9(12)8-5-14-6-10-8;/h7-8,10H,2-6H2,1H3;1H. The molecule has 0 aromatic rings. The van der Waals surface area contributed by atoms with Crippen LogP contribution in [0, 0.1) is 0 Å². The number of halogens is 1. The van der Waals surface area contributed by atoms with Crippen molar-refractivity contribution in [2.24, 2.45) is 0 Å². The Morgan fingerprint density at radius 3 is 3.00 bits per heavy atom. The summed E-state index contributed by atoms with van der Waals surface area (Å²) in [6, 6.07) is 0.0327. The van der Waals surface area contributed by atoms with E-state index in [9.17, 15) is 4.79 Å². The highest BCUT2D eigenvalue weighted by Gasteiger charge is 2.29. The van der Waals surface area contributed by atoms with E-state index in [0.29, 0.717) is 6.61 Å². The van der Waals surface area contributed by atoms with Gasteiger partial charge in [-0.2, -0.15) is 0 Å². The maximum Gasteiger partial charge on any atom is 0.240 e. The van der Waals surface area contributed by atoms with E-state index in [-0.39, 0.29) is 30.5 Å². The molecule has 6 heteroatoms. The monoisotopic (exact) mass is 252 g/mol. The first-order chi connectivity index (χ1) is 6.77. The predicted octanol–water partition coefficient (Wildman–Crippen LogP) is 0.318. The molecule has 88 valence electrons. The molecule has 1 N–H and O–H groups in total. The van der Waals surface area contributed by atoms with Crippen LogP contribution in [0.4, 0.5) is 0 Å². The average Bonchev–Trinajstić information content (AvgIpc) is 2.69. The molecule has 1 amide bonds. The van der Waals surface area contributed by atoms with E-state index in [4.69, 9.17) is 4.74 Å². The van der Waals surface area contributed by atoms with Crippen molar-refractivity contribution < 1.29 is 9.53 Å². The number of thioether (sulfide) groups is 1. The zero-order chi connectivity index (χ0) is 9.97. The molecule has 2 aliphatic rings. The van der Waals surface area contributed by atoms with Crippen LogP contribution in [0.1, 0.15) is 6.92 Å². The van der Waals surface area contributed by atoms with Gasteiger partial charge in [0.1, 0.15) is 0 Å². The summed E-state index contributed by atoms with van der Waals surface area (Å²) in [5.41, 5.74) is 0. The highest BCUT2D eigenvalue weighted by molar-refractivity contribution is 7.99. The second-order valence-corrected chi connectivity index (χ2v) is 4.77. The fourth-order valence-corrected chi connectivity index (χ4v) is 2.73. The van der Waals surface area contributed by atoms with Crippen LogP contribution in [-0.2, 0) is 9.53 Å². The number of nitrogens with zero attached hydrogens (tertiary/aromatic N) is 1. The van der Waals surface area contributed by atoms with Gasteiger partial charge in [0, 0.05) is 24.7 Å². The van der Waals surface area contributed by atoms with E-state index in [1.807, 2.05) is 11.8 Å². The highest BCUT2D eigenvalue weighted by atomic mass is 35.5. The van der Waals surface area contributed by atoms with Gasteiger partial charge in [0.25, 0.3) is 0 Å². The Morgan fingerprint density at radius 2 is 2.40 bits per heavy atom. The van der Waals surface area contributed by atoms with Gasteiger partial charge in [0.15, 0.2) is 0 Å². The topological polar surface area (TPSA) is 41.6 Å². The zero-order valence-electron chi connectivity index (χ0n) is 8.77. The predicted molar refractivity (Wildman–Crippen MR) is 63.5 cm³/mol. The molecule has 4 nitrogen and oxygen atoms in total. The summed E-state index contributed by atoms with van der Waals surface area (Å²) in [5.74, 6) is 2.05. The molecule has 2 aliphatic heterocycles. The van der Waals surface area contributed by atoms with E-state index < -0.39 is 0 Å². The summed E-state index contributed by atoms with van der Waals surface area (Å²) in [4.78, 5) is 13.9. The van der Waals surface area contributed by atoms with Gasteiger partial charge < -0.3 is 9.64 Å². The fraction of sp³-hybridized carbons (Fsp3) is 0.889. The third-order valence-electron chi connectivity index (χ3n) is 2.57. The number of carbonyl (C=O) groups excluding carboxylic acids is 1. The number of amides is 1. The number of hydrogen-bond acceptors (Lipinski definition) is 4. The summed E-state index contributed by atoms with van der Waals surface area (Å²) < 4.78 is 5.40. The Hall–Kier alpha value is 0.0300. The first-order valence-electron chi connectivity index (χ1n) is 4.99. The number of carbonyl (C=O) groups is 1. The van der Waals surface area contributed by atoms with Crippen LogP contribution < -0.4 is 5.32 Å². The minimum Gasteiger partial charge on any atom is -0.375 e. The first kappa shape index (κ1) is 13.1. The molecule has 0 aromatic heterocycles. The van der Waals surface area contributed by atoms with Gasteiger partial charge in [0.2, 0.25) is 5.91 Å². The van der Waals surface area contributed by atoms with Gasteiger partial charge in [0.05, 0.1) is 18.8 Å². The Kier molecular flexibility index (Phi) is 5.18. The lowest BCUT2D eigenvalue weighted by molar-refractivity contribution is -0.139. The lowest BCUT2D eigenvalue weighted by Gasteiger charge is -2.32. The van der Waals surface area contributed by atoms with Crippen molar-refractivity contribution >= 4 is 30.1 Å². The summed E-state index contributed by atoms with van der Waals surface area (Å²) in [7, 11) is 0. The van der Waals surface area contributed by atoms with Gasteiger partial charge >= 0.3 is 0 Å². The molecule has 0 bridgehead atoms. The normalized spacial score (nSPS) is 31.1. The molecule has 2 fully saturated rings. The second kappa shape index (κ2) is 5.94. The Morgan fingerprint density at radius 1 is 1.60 bits per heavy atom. The third kappa shape index (κ3) is 3.24. The molecule has 0 aliphatic carbocycles. The van der Waals surface area contributed by atoms with Crippen LogP contribution in [0.25, 0.3) is 0 Å². The smallest absolute Gasteiger partial charge is 0.240 e. The molecule has 15 heavy (non-hydrogen) atoms.